The summed E-state index contributed by atoms with van der Waals surface area (Å²) in [5, 5.41) is 5.95. The summed E-state index contributed by atoms with van der Waals surface area (Å²) in [7, 11) is 0. The lowest BCUT2D eigenvalue weighted by Crippen LogP contribution is -2.55. The Morgan fingerprint density at radius 3 is 2.38 bits per heavy atom. The first-order chi connectivity index (χ1) is 16.5. The summed E-state index contributed by atoms with van der Waals surface area (Å²) >= 11 is 0. The second kappa shape index (κ2) is 10.6. The van der Waals surface area contributed by atoms with E-state index in [0.717, 1.165) is 6.42 Å². The largest absolute Gasteiger partial charge is 0.454 e. The van der Waals surface area contributed by atoms with Crippen molar-refractivity contribution < 1.29 is 23.9 Å². The molecular weight excluding hydrogens is 434 g/mol. The van der Waals surface area contributed by atoms with Crippen LogP contribution in [0.2, 0.25) is 0 Å². The maximum Gasteiger partial charge on any atom is 0.253 e. The molecule has 0 unspecified atom stereocenters. The van der Waals surface area contributed by atoms with Crippen molar-refractivity contribution in [3.05, 3.63) is 59.7 Å². The zero-order valence-electron chi connectivity index (χ0n) is 19.6. The number of carbonyl (C=O) groups is 3. The molecule has 0 aliphatic carbocycles. The van der Waals surface area contributed by atoms with E-state index < -0.39 is 6.04 Å². The molecule has 2 atom stereocenters. The quantitative estimate of drug-likeness (QED) is 0.655. The van der Waals surface area contributed by atoms with Gasteiger partial charge in [-0.3, -0.25) is 14.4 Å². The molecule has 2 N–H and O–H groups in total. The third kappa shape index (κ3) is 5.32. The number of carbonyl (C=O) groups excluding carboxylic acids is 3. The molecule has 4 rings (SSSR count). The van der Waals surface area contributed by atoms with Crippen LogP contribution in [0.5, 0.6) is 11.5 Å². The summed E-state index contributed by atoms with van der Waals surface area (Å²) < 4.78 is 10.7. The number of ether oxygens (including phenoxy) is 2. The van der Waals surface area contributed by atoms with Gasteiger partial charge in [0.15, 0.2) is 11.5 Å². The van der Waals surface area contributed by atoms with E-state index in [1.165, 1.54) is 0 Å². The van der Waals surface area contributed by atoms with E-state index in [-0.39, 0.29) is 36.5 Å². The molecule has 0 spiro atoms. The zero-order valence-corrected chi connectivity index (χ0v) is 19.6. The predicted molar refractivity (Wildman–Crippen MR) is 127 cm³/mol. The Kier molecular flexibility index (Phi) is 7.35. The highest BCUT2D eigenvalue weighted by Gasteiger charge is 2.34. The number of piperidine rings is 1. The number of hydrogen-bond donors (Lipinski definition) is 2. The molecule has 0 aromatic heterocycles. The van der Waals surface area contributed by atoms with E-state index >= 15 is 0 Å². The van der Waals surface area contributed by atoms with E-state index in [4.69, 9.17) is 9.47 Å². The fourth-order valence-corrected chi connectivity index (χ4v) is 4.29. The third-order valence-corrected chi connectivity index (χ3v) is 6.52. The number of hydrogen-bond acceptors (Lipinski definition) is 5. The fourth-order valence-electron chi connectivity index (χ4n) is 4.29. The van der Waals surface area contributed by atoms with Gasteiger partial charge in [0, 0.05) is 30.3 Å². The lowest BCUT2D eigenvalue weighted by molar-refractivity contribution is -0.125. The highest BCUT2D eigenvalue weighted by atomic mass is 16.7. The van der Waals surface area contributed by atoms with Gasteiger partial charge in [0.05, 0.1) is 0 Å². The lowest BCUT2D eigenvalue weighted by atomic mass is 9.88. The molecule has 3 amide bonds. The average Bonchev–Trinajstić information content (AvgIpc) is 3.35. The van der Waals surface area contributed by atoms with Crippen LogP contribution in [0.1, 0.15) is 53.8 Å². The predicted octanol–water partition coefficient (Wildman–Crippen LogP) is 2.98. The van der Waals surface area contributed by atoms with Gasteiger partial charge in [0.2, 0.25) is 12.7 Å². The van der Waals surface area contributed by atoms with Crippen molar-refractivity contribution in [3.8, 4) is 11.5 Å². The van der Waals surface area contributed by atoms with Gasteiger partial charge in [-0.2, -0.15) is 0 Å². The number of rotatable bonds is 7. The number of amides is 3. The van der Waals surface area contributed by atoms with Gasteiger partial charge in [0.1, 0.15) is 6.04 Å². The Morgan fingerprint density at radius 2 is 1.68 bits per heavy atom. The van der Waals surface area contributed by atoms with Gasteiger partial charge in [-0.25, -0.2) is 0 Å². The van der Waals surface area contributed by atoms with Crippen LogP contribution in [0.3, 0.4) is 0 Å². The van der Waals surface area contributed by atoms with Crippen LogP contribution < -0.4 is 20.1 Å². The van der Waals surface area contributed by atoms with Crippen LogP contribution in [0.4, 0.5) is 0 Å². The van der Waals surface area contributed by atoms with Crippen molar-refractivity contribution in [2.45, 2.75) is 45.2 Å². The summed E-state index contributed by atoms with van der Waals surface area (Å²) in [6.45, 7) is 5.13. The minimum atomic E-state index is -0.694. The fraction of sp³-hybridized carbons (Fsp3) is 0.423. The third-order valence-electron chi connectivity index (χ3n) is 6.52. The Hall–Kier alpha value is -3.55. The van der Waals surface area contributed by atoms with E-state index in [2.05, 4.69) is 10.6 Å². The smallest absolute Gasteiger partial charge is 0.253 e. The molecule has 0 bridgehead atoms. The van der Waals surface area contributed by atoms with Crippen LogP contribution >= 0.6 is 0 Å². The molecule has 2 aliphatic rings. The van der Waals surface area contributed by atoms with Crippen molar-refractivity contribution in [1.82, 2.24) is 15.5 Å². The summed E-state index contributed by atoms with van der Waals surface area (Å²) in [5.74, 6) is 0.478. The molecule has 1 saturated heterocycles. The van der Waals surface area contributed by atoms with Gasteiger partial charge < -0.3 is 25.0 Å². The second-order valence-electron chi connectivity index (χ2n) is 8.83. The topological polar surface area (TPSA) is 97.0 Å². The van der Waals surface area contributed by atoms with Crippen molar-refractivity contribution in [1.29, 1.82) is 0 Å². The normalized spacial score (nSPS) is 17.1. The molecule has 0 radical (unpaired) electrons. The monoisotopic (exact) mass is 465 g/mol. The van der Waals surface area contributed by atoms with Crippen LogP contribution in [0.25, 0.3) is 0 Å². The molecule has 2 aliphatic heterocycles. The minimum absolute atomic E-state index is 0.00260. The minimum Gasteiger partial charge on any atom is -0.454 e. The first-order valence-electron chi connectivity index (χ1n) is 11.8. The van der Waals surface area contributed by atoms with Crippen LogP contribution in [-0.4, -0.2) is 54.6 Å². The van der Waals surface area contributed by atoms with Gasteiger partial charge in [-0.15, -0.1) is 0 Å². The number of nitrogens with zero attached hydrogens (tertiary/aromatic N) is 1. The van der Waals surface area contributed by atoms with Gasteiger partial charge >= 0.3 is 0 Å². The second-order valence-corrected chi connectivity index (χ2v) is 8.83. The first kappa shape index (κ1) is 23.6. The van der Waals surface area contributed by atoms with Crippen molar-refractivity contribution >= 4 is 17.7 Å². The molecule has 180 valence electrons. The molecule has 34 heavy (non-hydrogen) atoms. The number of likely N-dealkylation sites (tertiary alicyclic amines) is 1. The number of nitrogens with one attached hydrogen (secondary N) is 2. The molecule has 2 aromatic rings. The van der Waals surface area contributed by atoms with Gasteiger partial charge in [-0.05, 0) is 62.4 Å². The first-order valence-corrected chi connectivity index (χ1v) is 11.8. The summed E-state index contributed by atoms with van der Waals surface area (Å²) in [5.41, 5.74) is 1.06. The summed E-state index contributed by atoms with van der Waals surface area (Å²) in [6.07, 6.45) is 2.04. The number of fused-ring (bicyclic) bond motifs is 1. The molecule has 0 saturated carbocycles. The van der Waals surface area contributed by atoms with Crippen LogP contribution in [-0.2, 0) is 4.79 Å². The maximum absolute atomic E-state index is 13.2. The SMILES string of the molecule is CC[C@H](C)NC(=O)[C@@H](NC(=O)c1ccc2c(c1)OCO2)C1CCN(C(=O)c2ccccc2)CC1. The van der Waals surface area contributed by atoms with Crippen LogP contribution in [0, 0.1) is 5.92 Å². The highest BCUT2D eigenvalue weighted by Crippen LogP contribution is 2.32. The standard InChI is InChI=1S/C26H31N3O5/c1-3-17(2)27-25(31)23(28-24(30)20-9-10-21-22(15-20)34-16-33-21)18-11-13-29(14-12-18)26(32)19-7-5-4-6-8-19/h4-10,15,17-18,23H,3,11-14,16H2,1-2H3,(H,27,31)(H,28,30)/t17-,23-/m0/s1. The van der Waals surface area contributed by atoms with E-state index in [0.29, 0.717) is 48.6 Å². The van der Waals surface area contributed by atoms with Gasteiger partial charge in [0.25, 0.3) is 11.8 Å². The molecule has 8 heteroatoms. The summed E-state index contributed by atoms with van der Waals surface area (Å²) in [4.78, 5) is 40.8. The lowest BCUT2D eigenvalue weighted by Gasteiger charge is -2.36. The molecule has 8 nitrogen and oxygen atoms in total. The average molecular weight is 466 g/mol. The Balaban J connectivity index is 1.45. The molecule has 2 aromatic carbocycles. The Bertz CT molecular complexity index is 1030. The molecular formula is C26H31N3O5. The van der Waals surface area contributed by atoms with Crippen LogP contribution in [0.15, 0.2) is 48.5 Å². The maximum atomic E-state index is 13.2. The molecule has 2 heterocycles. The van der Waals surface area contributed by atoms with Gasteiger partial charge in [-0.1, -0.05) is 25.1 Å². The highest BCUT2D eigenvalue weighted by molar-refractivity contribution is 5.98. The molecule has 1 fully saturated rings. The summed E-state index contributed by atoms with van der Waals surface area (Å²) in [6, 6.07) is 13.5. The van der Waals surface area contributed by atoms with Crippen molar-refractivity contribution in [2.24, 2.45) is 5.92 Å². The Morgan fingerprint density at radius 1 is 0.971 bits per heavy atom. The Labute approximate surface area is 199 Å². The van der Waals surface area contributed by atoms with E-state index in [1.807, 2.05) is 49.1 Å². The van der Waals surface area contributed by atoms with E-state index in [9.17, 15) is 14.4 Å². The zero-order chi connectivity index (χ0) is 24.1. The van der Waals surface area contributed by atoms with Crippen molar-refractivity contribution in [2.75, 3.05) is 19.9 Å². The van der Waals surface area contributed by atoms with E-state index in [1.54, 1.807) is 18.2 Å². The number of benzene rings is 2. The van der Waals surface area contributed by atoms with Crippen molar-refractivity contribution in [3.63, 3.8) is 0 Å².